The summed E-state index contributed by atoms with van der Waals surface area (Å²) >= 11 is 0. The van der Waals surface area contributed by atoms with E-state index >= 15 is 0 Å². The van der Waals surface area contributed by atoms with E-state index < -0.39 is 24.3 Å². The minimum Gasteiger partial charge on any atom is -0.492 e. The van der Waals surface area contributed by atoms with E-state index in [4.69, 9.17) is 18.9 Å². The van der Waals surface area contributed by atoms with Crippen LogP contribution in [0.3, 0.4) is 0 Å². The van der Waals surface area contributed by atoms with Crippen molar-refractivity contribution in [2.45, 2.75) is 38.0 Å². The third-order valence-electron chi connectivity index (χ3n) is 5.91. The van der Waals surface area contributed by atoms with E-state index in [2.05, 4.69) is 10.4 Å². The smallest absolute Gasteiger partial charge is 0.359 e. The van der Waals surface area contributed by atoms with Gasteiger partial charge in [0.15, 0.2) is 23.8 Å². The molecule has 1 aliphatic heterocycles. The van der Waals surface area contributed by atoms with Crippen molar-refractivity contribution in [1.82, 2.24) is 9.78 Å². The van der Waals surface area contributed by atoms with Crippen LogP contribution in [0.5, 0.6) is 17.2 Å². The minimum absolute atomic E-state index is 0.0907. The number of carbonyl (C=O) groups excluding carboxylic acids is 2. The fraction of sp³-hybridized carbons (Fsp3) is 0.308. The average Bonchev–Trinajstić information content (AvgIpc) is 3.49. The molecule has 2 aliphatic rings. The van der Waals surface area contributed by atoms with Crippen molar-refractivity contribution in [3.05, 3.63) is 76.7 Å². The Morgan fingerprint density at radius 3 is 2.58 bits per heavy atom. The van der Waals surface area contributed by atoms with Gasteiger partial charge in [0, 0.05) is 30.7 Å². The predicted molar refractivity (Wildman–Crippen MR) is 128 cm³/mol. The highest BCUT2D eigenvalue weighted by Crippen LogP contribution is 2.47. The molecule has 186 valence electrons. The van der Waals surface area contributed by atoms with Gasteiger partial charge in [-0.2, -0.15) is 5.10 Å². The highest BCUT2D eigenvalue weighted by atomic mass is 16.7. The zero-order valence-electron chi connectivity index (χ0n) is 19.5. The number of esters is 1. The molecule has 0 unspecified atom stereocenters. The van der Waals surface area contributed by atoms with Crippen LogP contribution in [-0.2, 0) is 16.1 Å². The zero-order valence-corrected chi connectivity index (χ0v) is 19.5. The fourth-order valence-electron chi connectivity index (χ4n) is 4.18. The van der Waals surface area contributed by atoms with Gasteiger partial charge >= 0.3 is 5.97 Å². The van der Waals surface area contributed by atoms with Gasteiger partial charge < -0.3 is 24.3 Å². The molecule has 10 heteroatoms. The number of para-hydroxylation sites is 1. The number of nitrogens with zero attached hydrogens (tertiary/aromatic N) is 2. The first-order valence-electron chi connectivity index (χ1n) is 11.7. The molecule has 0 saturated heterocycles. The van der Waals surface area contributed by atoms with Gasteiger partial charge in [0.05, 0.1) is 6.54 Å². The quantitative estimate of drug-likeness (QED) is 0.478. The topological polar surface area (TPSA) is 118 Å². The summed E-state index contributed by atoms with van der Waals surface area (Å²) in [5.41, 5.74) is 0.0220. The van der Waals surface area contributed by atoms with Gasteiger partial charge in [-0.25, -0.2) is 9.48 Å². The first-order valence-corrected chi connectivity index (χ1v) is 11.7. The lowest BCUT2D eigenvalue weighted by Gasteiger charge is -2.21. The molecule has 0 radical (unpaired) electrons. The van der Waals surface area contributed by atoms with Gasteiger partial charge in [0.2, 0.25) is 0 Å². The number of hydrogen-bond acceptors (Lipinski definition) is 8. The number of nitrogens with one attached hydrogen (secondary N) is 1. The number of ether oxygens (including phenoxy) is 4. The van der Waals surface area contributed by atoms with Crippen molar-refractivity contribution < 1.29 is 28.5 Å². The first-order chi connectivity index (χ1) is 17.5. The van der Waals surface area contributed by atoms with Crippen LogP contribution in [0.2, 0.25) is 0 Å². The van der Waals surface area contributed by atoms with E-state index in [0.717, 1.165) is 30.4 Å². The number of aromatic nitrogens is 2. The van der Waals surface area contributed by atoms with Gasteiger partial charge in [-0.1, -0.05) is 18.2 Å². The van der Waals surface area contributed by atoms with Crippen molar-refractivity contribution in [1.29, 1.82) is 0 Å². The van der Waals surface area contributed by atoms with Crippen molar-refractivity contribution in [2.75, 3.05) is 18.5 Å². The van der Waals surface area contributed by atoms with Gasteiger partial charge in [-0.05, 0) is 43.2 Å². The standard InChI is InChI=1S/C26H25N3O7/c30-23(27-18-8-10-21-22(16-18)36-26(35-21)12-4-5-13-26)17-34-25(32)20-9-11-24(31)29(28-20)14-15-33-19-6-2-1-3-7-19/h1-3,6-11,16H,4-5,12-15,17H2,(H,27,30). The van der Waals surface area contributed by atoms with Crippen LogP contribution in [0.25, 0.3) is 0 Å². The SMILES string of the molecule is O=C(COC(=O)c1ccc(=O)n(CCOc2ccccc2)n1)Nc1ccc2c(c1)OC1(CCCC1)O2. The average molecular weight is 492 g/mol. The third kappa shape index (κ3) is 5.32. The molecular formula is C26H25N3O7. The van der Waals surface area contributed by atoms with E-state index in [0.29, 0.717) is 22.9 Å². The number of anilines is 1. The van der Waals surface area contributed by atoms with Crippen LogP contribution in [0.4, 0.5) is 5.69 Å². The maximum Gasteiger partial charge on any atom is 0.359 e. The molecule has 1 amide bonds. The number of fused-ring (bicyclic) bond motifs is 1. The summed E-state index contributed by atoms with van der Waals surface area (Å²) in [5, 5.41) is 6.70. The maximum atomic E-state index is 12.4. The van der Waals surface area contributed by atoms with Crippen LogP contribution in [0.15, 0.2) is 65.5 Å². The molecule has 0 atom stereocenters. The maximum absolute atomic E-state index is 12.4. The van der Waals surface area contributed by atoms with Crippen LogP contribution < -0.4 is 25.1 Å². The Kier molecular flexibility index (Phi) is 6.57. The largest absolute Gasteiger partial charge is 0.492 e. The number of benzene rings is 2. The van der Waals surface area contributed by atoms with Crippen molar-refractivity contribution in [3.63, 3.8) is 0 Å². The van der Waals surface area contributed by atoms with Gasteiger partial charge in [-0.15, -0.1) is 0 Å². The summed E-state index contributed by atoms with van der Waals surface area (Å²) in [6.07, 6.45) is 3.77. The molecule has 1 saturated carbocycles. The molecule has 0 bridgehead atoms. The van der Waals surface area contributed by atoms with Crippen molar-refractivity contribution in [3.8, 4) is 17.2 Å². The molecule has 36 heavy (non-hydrogen) atoms. The molecule has 5 rings (SSSR count). The van der Waals surface area contributed by atoms with E-state index in [1.165, 1.54) is 12.1 Å². The Morgan fingerprint density at radius 1 is 1.00 bits per heavy atom. The van der Waals surface area contributed by atoms with Crippen molar-refractivity contribution in [2.24, 2.45) is 0 Å². The molecule has 1 aromatic heterocycles. The summed E-state index contributed by atoms with van der Waals surface area (Å²) in [6, 6.07) is 16.8. The first kappa shape index (κ1) is 23.4. The second kappa shape index (κ2) is 10.1. The van der Waals surface area contributed by atoms with Gasteiger partial charge in [0.1, 0.15) is 12.4 Å². The van der Waals surface area contributed by atoms with E-state index in [1.54, 1.807) is 30.3 Å². The third-order valence-corrected chi connectivity index (χ3v) is 5.91. The number of rotatable bonds is 8. The molecule has 10 nitrogen and oxygen atoms in total. The van der Waals surface area contributed by atoms with Gasteiger partial charge in [0.25, 0.3) is 17.3 Å². The van der Waals surface area contributed by atoms with Crippen LogP contribution >= 0.6 is 0 Å². The zero-order chi connectivity index (χ0) is 25.0. The number of hydrogen-bond donors (Lipinski definition) is 1. The summed E-state index contributed by atoms with van der Waals surface area (Å²) in [7, 11) is 0. The molecule has 2 heterocycles. The highest BCUT2D eigenvalue weighted by molar-refractivity contribution is 5.95. The van der Waals surface area contributed by atoms with E-state index in [1.807, 2.05) is 18.2 Å². The molecule has 3 aromatic rings. The van der Waals surface area contributed by atoms with Gasteiger partial charge in [-0.3, -0.25) is 9.59 Å². The summed E-state index contributed by atoms with van der Waals surface area (Å²) in [5.74, 6) is -0.0460. The lowest BCUT2D eigenvalue weighted by molar-refractivity contribution is -0.119. The van der Waals surface area contributed by atoms with Crippen LogP contribution in [0.1, 0.15) is 36.2 Å². The molecule has 1 N–H and O–H groups in total. The Bertz CT molecular complexity index is 1320. The number of carbonyl (C=O) groups is 2. The Morgan fingerprint density at radius 2 is 1.78 bits per heavy atom. The summed E-state index contributed by atoms with van der Waals surface area (Å²) in [6.45, 7) is -0.190. The molecule has 1 spiro atoms. The van der Waals surface area contributed by atoms with Crippen LogP contribution in [0, 0.1) is 0 Å². The fourth-order valence-corrected chi connectivity index (χ4v) is 4.18. The Hall–Kier alpha value is -4.34. The predicted octanol–water partition coefficient (Wildman–Crippen LogP) is 3.16. The van der Waals surface area contributed by atoms with Crippen LogP contribution in [-0.4, -0.2) is 40.7 Å². The lowest BCUT2D eigenvalue weighted by Crippen LogP contribution is -2.34. The monoisotopic (exact) mass is 491 g/mol. The second-order valence-corrected chi connectivity index (χ2v) is 8.55. The van der Waals surface area contributed by atoms with Crippen molar-refractivity contribution >= 4 is 17.6 Å². The van der Waals surface area contributed by atoms with E-state index in [-0.39, 0.29) is 24.4 Å². The molecule has 1 aliphatic carbocycles. The van der Waals surface area contributed by atoms with E-state index in [9.17, 15) is 14.4 Å². The molecule has 2 aromatic carbocycles. The Balaban J connectivity index is 1.12. The second-order valence-electron chi connectivity index (χ2n) is 8.55. The summed E-state index contributed by atoms with van der Waals surface area (Å²) in [4.78, 5) is 36.8. The lowest BCUT2D eigenvalue weighted by atomic mass is 10.2. The summed E-state index contributed by atoms with van der Waals surface area (Å²) < 4.78 is 23.7. The number of amides is 1. The Labute approximate surface area is 206 Å². The minimum atomic E-state index is -0.822. The normalized spacial score (nSPS) is 15.0. The highest BCUT2D eigenvalue weighted by Gasteiger charge is 2.44. The molecular weight excluding hydrogens is 466 g/mol. The molecule has 1 fully saturated rings.